The van der Waals surface area contributed by atoms with Gasteiger partial charge in [0, 0.05) is 16.4 Å². The second kappa shape index (κ2) is 5.56. The number of hydrogen-bond acceptors (Lipinski definition) is 1. The van der Waals surface area contributed by atoms with E-state index < -0.39 is 0 Å². The first kappa shape index (κ1) is 11.8. The summed E-state index contributed by atoms with van der Waals surface area (Å²) in [5.74, 6) is 0. The summed E-state index contributed by atoms with van der Waals surface area (Å²) in [6.45, 7) is 3.83. The minimum absolute atomic E-state index is 0.241. The molecule has 15 heavy (non-hydrogen) atoms. The summed E-state index contributed by atoms with van der Waals surface area (Å²) in [7, 11) is 0. The molecule has 0 aliphatic rings. The zero-order valence-electron chi connectivity index (χ0n) is 8.67. The largest absolute Gasteiger partial charge is 0.323 e. The predicted octanol–water partition coefficient (Wildman–Crippen LogP) is 3.49. The van der Waals surface area contributed by atoms with Crippen molar-refractivity contribution in [2.45, 2.75) is 13.8 Å². The smallest absolute Gasteiger partial charge is 0.314 e. The second-order valence-corrected chi connectivity index (χ2v) is 4.25. The van der Waals surface area contributed by atoms with Crippen molar-refractivity contribution in [3.8, 4) is 0 Å². The van der Waals surface area contributed by atoms with Crippen molar-refractivity contribution in [2.75, 3.05) is 5.32 Å². The lowest BCUT2D eigenvalue weighted by molar-refractivity contribution is 0.255. The average Bonchev–Trinajstić information content (AvgIpc) is 2.15. The lowest BCUT2D eigenvalue weighted by atomic mass is 10.3. The maximum absolute atomic E-state index is 11.3. The summed E-state index contributed by atoms with van der Waals surface area (Å²) in [5.41, 5.74) is 1.79. The van der Waals surface area contributed by atoms with Gasteiger partial charge >= 0.3 is 6.03 Å². The van der Waals surface area contributed by atoms with Gasteiger partial charge in [-0.3, -0.25) is 0 Å². The molecule has 80 valence electrons. The van der Waals surface area contributed by atoms with Crippen LogP contribution in [-0.2, 0) is 0 Å². The van der Waals surface area contributed by atoms with Crippen LogP contribution in [0.4, 0.5) is 10.5 Å². The number of halogens is 1. The summed E-state index contributed by atoms with van der Waals surface area (Å²) in [6.07, 6.45) is 1.66. The van der Waals surface area contributed by atoms with Crippen molar-refractivity contribution >= 4 is 27.6 Å². The van der Waals surface area contributed by atoms with Gasteiger partial charge in [-0.25, -0.2) is 4.79 Å². The van der Waals surface area contributed by atoms with Gasteiger partial charge in [-0.05, 0) is 32.0 Å². The Balaban J connectivity index is 2.55. The minimum atomic E-state index is -0.241. The van der Waals surface area contributed by atoms with Gasteiger partial charge < -0.3 is 10.6 Å². The Morgan fingerprint density at radius 2 is 2.13 bits per heavy atom. The number of amides is 2. The van der Waals surface area contributed by atoms with E-state index in [9.17, 15) is 4.79 Å². The van der Waals surface area contributed by atoms with E-state index in [2.05, 4.69) is 26.6 Å². The van der Waals surface area contributed by atoms with Crippen LogP contribution >= 0.6 is 15.9 Å². The minimum Gasteiger partial charge on any atom is -0.314 e. The Morgan fingerprint density at radius 3 is 2.73 bits per heavy atom. The Kier molecular flexibility index (Phi) is 4.37. The number of urea groups is 1. The molecule has 2 amide bonds. The van der Waals surface area contributed by atoms with Crippen LogP contribution in [0.5, 0.6) is 0 Å². The molecule has 0 spiro atoms. The normalized spacial score (nSPS) is 9.27. The van der Waals surface area contributed by atoms with Crippen LogP contribution in [-0.4, -0.2) is 6.03 Å². The molecule has 1 rings (SSSR count). The summed E-state index contributed by atoms with van der Waals surface area (Å²) < 4.78 is 0.933. The molecule has 0 aliphatic heterocycles. The molecule has 3 nitrogen and oxygen atoms in total. The van der Waals surface area contributed by atoms with E-state index in [0.29, 0.717) is 0 Å². The number of carbonyl (C=O) groups is 1. The lowest BCUT2D eigenvalue weighted by Gasteiger charge is -2.04. The highest BCUT2D eigenvalue weighted by Gasteiger charge is 1.98. The van der Waals surface area contributed by atoms with Gasteiger partial charge in [0.25, 0.3) is 0 Å². The van der Waals surface area contributed by atoms with Crippen LogP contribution in [0, 0.1) is 0 Å². The molecule has 0 aliphatic carbocycles. The fourth-order valence-electron chi connectivity index (χ4n) is 0.943. The van der Waals surface area contributed by atoms with E-state index in [1.807, 2.05) is 38.1 Å². The average molecular weight is 269 g/mol. The third-order valence-corrected chi connectivity index (χ3v) is 2.07. The molecule has 1 aromatic rings. The van der Waals surface area contributed by atoms with Crippen LogP contribution in [0.3, 0.4) is 0 Å². The number of allylic oxidation sites excluding steroid dienone is 1. The summed E-state index contributed by atoms with van der Waals surface area (Å²) in [5, 5.41) is 5.34. The first-order chi connectivity index (χ1) is 7.08. The number of rotatable bonds is 2. The van der Waals surface area contributed by atoms with E-state index in [4.69, 9.17) is 0 Å². The van der Waals surface area contributed by atoms with Crippen molar-refractivity contribution in [1.82, 2.24) is 5.32 Å². The molecule has 1 aromatic carbocycles. The molecular formula is C11H13BrN2O. The second-order valence-electron chi connectivity index (χ2n) is 3.33. The number of hydrogen-bond donors (Lipinski definition) is 2. The molecule has 0 saturated heterocycles. The molecular weight excluding hydrogens is 256 g/mol. The van der Waals surface area contributed by atoms with E-state index in [0.717, 1.165) is 15.7 Å². The highest BCUT2D eigenvalue weighted by molar-refractivity contribution is 9.10. The van der Waals surface area contributed by atoms with Crippen LogP contribution in [0.25, 0.3) is 0 Å². The van der Waals surface area contributed by atoms with E-state index in [1.54, 1.807) is 6.20 Å². The number of anilines is 1. The van der Waals surface area contributed by atoms with Gasteiger partial charge in [0.05, 0.1) is 0 Å². The maximum atomic E-state index is 11.3. The molecule has 4 heteroatoms. The van der Waals surface area contributed by atoms with E-state index in [1.165, 1.54) is 0 Å². The van der Waals surface area contributed by atoms with Gasteiger partial charge in [-0.2, -0.15) is 0 Å². The van der Waals surface area contributed by atoms with Gasteiger partial charge in [0.2, 0.25) is 0 Å². The van der Waals surface area contributed by atoms with Crippen molar-refractivity contribution in [3.63, 3.8) is 0 Å². The van der Waals surface area contributed by atoms with Crippen LogP contribution in [0.2, 0.25) is 0 Å². The quantitative estimate of drug-likeness (QED) is 0.847. The maximum Gasteiger partial charge on any atom is 0.323 e. The van der Waals surface area contributed by atoms with Gasteiger partial charge in [0.15, 0.2) is 0 Å². The molecule has 0 unspecified atom stereocenters. The van der Waals surface area contributed by atoms with Crippen molar-refractivity contribution in [3.05, 3.63) is 40.5 Å². The SMILES string of the molecule is CC(C)=CNC(=O)Nc1cccc(Br)c1. The van der Waals surface area contributed by atoms with Gasteiger partial charge in [0.1, 0.15) is 0 Å². The molecule has 0 fully saturated rings. The molecule has 0 bridgehead atoms. The summed E-state index contributed by atoms with van der Waals surface area (Å²) >= 11 is 3.33. The standard InChI is InChI=1S/C11H13BrN2O/c1-8(2)7-13-11(15)14-10-5-3-4-9(12)6-10/h3-7H,1-2H3,(H2,13,14,15). The van der Waals surface area contributed by atoms with Crippen molar-refractivity contribution in [1.29, 1.82) is 0 Å². The van der Waals surface area contributed by atoms with Crippen molar-refractivity contribution < 1.29 is 4.79 Å². The Bertz CT molecular complexity index is 384. The van der Waals surface area contributed by atoms with Gasteiger partial charge in [-0.1, -0.05) is 27.6 Å². The topological polar surface area (TPSA) is 41.1 Å². The summed E-state index contributed by atoms with van der Waals surface area (Å²) in [4.78, 5) is 11.3. The zero-order valence-corrected chi connectivity index (χ0v) is 10.3. The number of nitrogens with one attached hydrogen (secondary N) is 2. The molecule has 0 aromatic heterocycles. The first-order valence-corrected chi connectivity index (χ1v) is 5.33. The molecule has 0 radical (unpaired) electrons. The Labute approximate surface area is 97.7 Å². The third kappa shape index (κ3) is 4.65. The van der Waals surface area contributed by atoms with Crippen molar-refractivity contribution in [2.24, 2.45) is 0 Å². The fourth-order valence-corrected chi connectivity index (χ4v) is 1.34. The monoisotopic (exact) mass is 268 g/mol. The Morgan fingerprint density at radius 1 is 1.40 bits per heavy atom. The first-order valence-electron chi connectivity index (χ1n) is 4.54. The zero-order chi connectivity index (χ0) is 11.3. The molecule has 2 N–H and O–H groups in total. The van der Waals surface area contributed by atoms with Gasteiger partial charge in [-0.15, -0.1) is 0 Å². The highest BCUT2D eigenvalue weighted by atomic mass is 79.9. The predicted molar refractivity (Wildman–Crippen MR) is 65.7 cm³/mol. The summed E-state index contributed by atoms with van der Waals surface area (Å²) in [6, 6.07) is 7.18. The van der Waals surface area contributed by atoms with Crippen LogP contribution < -0.4 is 10.6 Å². The molecule has 0 heterocycles. The third-order valence-electron chi connectivity index (χ3n) is 1.57. The number of carbonyl (C=O) groups excluding carboxylic acids is 1. The molecule has 0 atom stereocenters. The Hall–Kier alpha value is -1.29. The fraction of sp³-hybridized carbons (Fsp3) is 0.182. The van der Waals surface area contributed by atoms with Crippen LogP contribution in [0.1, 0.15) is 13.8 Å². The van der Waals surface area contributed by atoms with Crippen LogP contribution in [0.15, 0.2) is 40.5 Å². The highest BCUT2D eigenvalue weighted by Crippen LogP contribution is 2.15. The van der Waals surface area contributed by atoms with E-state index in [-0.39, 0.29) is 6.03 Å². The lowest BCUT2D eigenvalue weighted by Crippen LogP contribution is -2.24. The number of benzene rings is 1. The van der Waals surface area contributed by atoms with E-state index >= 15 is 0 Å². The molecule has 0 saturated carbocycles.